The van der Waals surface area contributed by atoms with Gasteiger partial charge in [-0.2, -0.15) is 4.31 Å². The van der Waals surface area contributed by atoms with Gasteiger partial charge in [0.15, 0.2) is 5.03 Å². The van der Waals surface area contributed by atoms with E-state index in [2.05, 4.69) is 9.88 Å². The second kappa shape index (κ2) is 9.22. The van der Waals surface area contributed by atoms with Crippen LogP contribution in [0, 0.1) is 5.82 Å². The van der Waals surface area contributed by atoms with Crippen LogP contribution in [-0.2, 0) is 17.1 Å². The Bertz CT molecular complexity index is 1260. The number of aryl methyl sites for hydroxylation is 1. The van der Waals surface area contributed by atoms with Crippen LogP contribution in [0.1, 0.15) is 24.3 Å². The highest BCUT2D eigenvalue weighted by Gasteiger charge is 2.50. The minimum Gasteiger partial charge on any atom is -0.395 e. The van der Waals surface area contributed by atoms with Crippen molar-refractivity contribution in [2.45, 2.75) is 35.9 Å². The zero-order valence-electron chi connectivity index (χ0n) is 19.1. The smallest absolute Gasteiger partial charge is 0.262 e. The van der Waals surface area contributed by atoms with Gasteiger partial charge in [0.2, 0.25) is 0 Å². The number of imidazole rings is 1. The van der Waals surface area contributed by atoms with Crippen molar-refractivity contribution in [1.82, 2.24) is 18.8 Å². The van der Waals surface area contributed by atoms with E-state index in [4.69, 9.17) is 0 Å². The van der Waals surface area contributed by atoms with Crippen LogP contribution >= 0.6 is 0 Å². The van der Waals surface area contributed by atoms with Crippen LogP contribution in [0.15, 0.2) is 66.1 Å². The Morgan fingerprint density at radius 2 is 1.82 bits per heavy atom. The van der Waals surface area contributed by atoms with Crippen molar-refractivity contribution < 1.29 is 17.9 Å². The zero-order valence-corrected chi connectivity index (χ0v) is 19.9. The monoisotopic (exact) mass is 484 g/mol. The summed E-state index contributed by atoms with van der Waals surface area (Å²) >= 11 is 0. The lowest BCUT2D eigenvalue weighted by atomic mass is 9.74. The molecule has 2 aromatic carbocycles. The molecular weight excluding hydrogens is 455 g/mol. The number of nitrogens with zero attached hydrogens (tertiary/aromatic N) is 4. The Hall–Kier alpha value is -2.59. The van der Waals surface area contributed by atoms with Gasteiger partial charge in [-0.3, -0.25) is 4.90 Å². The van der Waals surface area contributed by atoms with Gasteiger partial charge < -0.3 is 9.67 Å². The number of benzene rings is 2. The van der Waals surface area contributed by atoms with E-state index in [1.807, 2.05) is 30.3 Å². The number of rotatable bonds is 5. The summed E-state index contributed by atoms with van der Waals surface area (Å²) in [6.45, 7) is 1.63. The zero-order chi connectivity index (χ0) is 23.9. The minimum absolute atomic E-state index is 0.00320. The van der Waals surface area contributed by atoms with Gasteiger partial charge >= 0.3 is 0 Å². The average Bonchev–Trinajstić information content (AvgIpc) is 3.26. The summed E-state index contributed by atoms with van der Waals surface area (Å²) in [4.78, 5) is 6.31. The van der Waals surface area contributed by atoms with Crippen LogP contribution in [0.5, 0.6) is 0 Å². The standard InChI is InChI=1S/C25H29FN4O3S/c1-28-15-24(27-17-28)34(32,33)29-12-4-5-13-30-22(14-29)25(23(30)16-31)19-10-8-18(9-11-19)20-6-2-3-7-21(20)26/h2-3,6-11,15,17,22-23,25,31H,4-5,12-14,16H2,1H3/t22-,23+,25+/m0/s1. The Kier molecular flexibility index (Phi) is 6.28. The molecular formula is C25H29FN4O3S. The molecule has 1 aromatic heterocycles. The Morgan fingerprint density at radius 1 is 1.09 bits per heavy atom. The van der Waals surface area contributed by atoms with Crippen LogP contribution in [0.3, 0.4) is 0 Å². The second-order valence-electron chi connectivity index (χ2n) is 9.13. The molecule has 2 aliphatic rings. The molecule has 0 bridgehead atoms. The molecule has 3 heterocycles. The summed E-state index contributed by atoms with van der Waals surface area (Å²) in [6.07, 6.45) is 4.64. The van der Waals surface area contributed by atoms with Gasteiger partial charge in [-0.15, -0.1) is 0 Å². The summed E-state index contributed by atoms with van der Waals surface area (Å²) in [5.74, 6) is -0.284. The van der Waals surface area contributed by atoms with E-state index in [9.17, 15) is 17.9 Å². The quantitative estimate of drug-likeness (QED) is 0.603. The van der Waals surface area contributed by atoms with Crippen molar-refractivity contribution in [2.75, 3.05) is 26.2 Å². The third-order valence-corrected chi connectivity index (χ3v) is 8.85. The average molecular weight is 485 g/mol. The van der Waals surface area contributed by atoms with E-state index < -0.39 is 10.0 Å². The number of aromatic nitrogens is 2. The molecule has 0 radical (unpaired) electrons. The van der Waals surface area contributed by atoms with Gasteiger partial charge in [-0.1, -0.05) is 42.5 Å². The summed E-state index contributed by atoms with van der Waals surface area (Å²) in [5, 5.41) is 10.2. The maximum absolute atomic E-state index is 14.2. The van der Waals surface area contributed by atoms with Crippen molar-refractivity contribution in [1.29, 1.82) is 0 Å². The first-order valence-electron chi connectivity index (χ1n) is 11.6. The predicted molar refractivity (Wildman–Crippen MR) is 127 cm³/mol. The van der Waals surface area contributed by atoms with Crippen LogP contribution in [0.25, 0.3) is 11.1 Å². The number of aliphatic hydroxyl groups is 1. The normalized spacial score (nSPS) is 24.1. The number of hydrogen-bond donors (Lipinski definition) is 1. The van der Waals surface area contributed by atoms with Gasteiger partial charge in [0.25, 0.3) is 10.0 Å². The molecule has 180 valence electrons. The fraction of sp³-hybridized carbons (Fsp3) is 0.400. The summed E-state index contributed by atoms with van der Waals surface area (Å²) in [6, 6.07) is 14.3. The molecule has 7 nitrogen and oxygen atoms in total. The van der Waals surface area contributed by atoms with Crippen molar-refractivity contribution in [3.8, 4) is 11.1 Å². The van der Waals surface area contributed by atoms with Crippen LogP contribution in [0.2, 0.25) is 0 Å². The number of sulfonamides is 1. The first kappa shape index (κ1) is 23.2. The maximum atomic E-state index is 14.2. The first-order valence-corrected chi connectivity index (χ1v) is 13.0. The maximum Gasteiger partial charge on any atom is 0.262 e. The third kappa shape index (κ3) is 4.07. The largest absolute Gasteiger partial charge is 0.395 e. The highest BCUT2D eigenvalue weighted by Crippen LogP contribution is 2.43. The van der Waals surface area contributed by atoms with Gasteiger partial charge in [-0.25, -0.2) is 17.8 Å². The molecule has 0 aliphatic carbocycles. The van der Waals surface area contributed by atoms with Gasteiger partial charge in [0.05, 0.1) is 12.9 Å². The van der Waals surface area contributed by atoms with Crippen LogP contribution in [-0.4, -0.2) is 70.6 Å². The lowest BCUT2D eigenvalue weighted by molar-refractivity contribution is -0.0554. The fourth-order valence-corrected chi connectivity index (χ4v) is 6.82. The van der Waals surface area contributed by atoms with E-state index in [1.54, 1.807) is 28.1 Å². The van der Waals surface area contributed by atoms with E-state index in [-0.39, 0.29) is 35.5 Å². The highest BCUT2D eigenvalue weighted by molar-refractivity contribution is 7.89. The molecule has 0 amide bonds. The lowest BCUT2D eigenvalue weighted by Gasteiger charge is -2.57. The SMILES string of the molecule is Cn1cnc(S(=O)(=O)N2CCCCN3[C@H](CO)[C@H](c4ccc(-c5ccccc5F)cc4)[C@@H]3C2)c1. The molecule has 0 saturated carbocycles. The summed E-state index contributed by atoms with van der Waals surface area (Å²) in [7, 11) is -1.96. The molecule has 34 heavy (non-hydrogen) atoms. The molecule has 2 saturated heterocycles. The van der Waals surface area contributed by atoms with E-state index in [0.29, 0.717) is 18.7 Å². The third-order valence-electron chi connectivity index (χ3n) is 7.10. The topological polar surface area (TPSA) is 78.7 Å². The van der Waals surface area contributed by atoms with Crippen molar-refractivity contribution >= 4 is 10.0 Å². The number of halogens is 1. The van der Waals surface area contributed by atoms with Crippen LogP contribution in [0.4, 0.5) is 4.39 Å². The lowest BCUT2D eigenvalue weighted by Crippen LogP contribution is -2.67. The summed E-state index contributed by atoms with van der Waals surface area (Å²) < 4.78 is 44.0. The van der Waals surface area contributed by atoms with Crippen LogP contribution < -0.4 is 0 Å². The minimum atomic E-state index is -3.71. The number of hydrogen-bond acceptors (Lipinski definition) is 5. The molecule has 1 N–H and O–H groups in total. The van der Waals surface area contributed by atoms with Crippen molar-refractivity contribution in [2.24, 2.45) is 7.05 Å². The van der Waals surface area contributed by atoms with E-state index >= 15 is 0 Å². The molecule has 9 heteroatoms. The molecule has 0 unspecified atom stereocenters. The molecule has 3 aromatic rings. The highest BCUT2D eigenvalue weighted by atomic mass is 32.2. The van der Waals surface area contributed by atoms with Crippen molar-refractivity contribution in [3.05, 3.63) is 72.4 Å². The molecule has 0 spiro atoms. The molecule has 2 aliphatic heterocycles. The molecule has 3 atom stereocenters. The van der Waals surface area contributed by atoms with E-state index in [0.717, 1.165) is 30.5 Å². The molecule has 2 fully saturated rings. The predicted octanol–water partition coefficient (Wildman–Crippen LogP) is 2.84. The van der Waals surface area contributed by atoms with Crippen molar-refractivity contribution in [3.63, 3.8) is 0 Å². The van der Waals surface area contributed by atoms with E-state index in [1.165, 1.54) is 18.6 Å². The number of fused-ring (bicyclic) bond motifs is 1. The number of aliphatic hydroxyl groups excluding tert-OH is 1. The van der Waals surface area contributed by atoms with Gasteiger partial charge in [0.1, 0.15) is 5.82 Å². The van der Waals surface area contributed by atoms with Gasteiger partial charge in [0, 0.05) is 49.9 Å². The first-order chi connectivity index (χ1) is 16.4. The fourth-order valence-electron chi connectivity index (χ4n) is 5.36. The Labute approximate surface area is 199 Å². The molecule has 5 rings (SSSR count). The Morgan fingerprint density at radius 3 is 2.50 bits per heavy atom. The second-order valence-corrected chi connectivity index (χ2v) is 11.0. The summed E-state index contributed by atoms with van der Waals surface area (Å²) in [5.41, 5.74) is 2.35. The Balaban J connectivity index is 1.43. The van der Waals surface area contributed by atoms with Gasteiger partial charge in [-0.05, 0) is 36.6 Å².